The predicted molar refractivity (Wildman–Crippen MR) is 79.5 cm³/mol. The van der Waals surface area contributed by atoms with E-state index < -0.39 is 0 Å². The normalized spacial score (nSPS) is 11.2. The van der Waals surface area contributed by atoms with E-state index in [1.165, 1.54) is 0 Å². The minimum atomic E-state index is -0.243. The van der Waals surface area contributed by atoms with E-state index in [0.29, 0.717) is 18.0 Å². The number of benzene rings is 1. The maximum Gasteiger partial charge on any atom is 0.257 e. The number of hydrogen-bond donors (Lipinski definition) is 3. The van der Waals surface area contributed by atoms with Crippen molar-refractivity contribution in [3.63, 3.8) is 0 Å². The Morgan fingerprint density at radius 2 is 2.10 bits per heavy atom. The zero-order chi connectivity index (χ0) is 15.0. The lowest BCUT2D eigenvalue weighted by molar-refractivity contribution is -0.123. The summed E-state index contributed by atoms with van der Waals surface area (Å²) in [6, 6.07) is 6.95. The molecule has 0 saturated carbocycles. The van der Waals surface area contributed by atoms with Gasteiger partial charge >= 0.3 is 0 Å². The molecule has 5 nitrogen and oxygen atoms in total. The average molecular weight is 280 g/mol. The molecule has 0 radical (unpaired) electrons. The van der Waals surface area contributed by atoms with Gasteiger partial charge in [-0.1, -0.05) is 19.9 Å². The fraction of sp³-hybridized carbons (Fsp3) is 0.533. The van der Waals surface area contributed by atoms with Crippen molar-refractivity contribution in [3.05, 3.63) is 24.3 Å². The summed E-state index contributed by atoms with van der Waals surface area (Å²) in [4.78, 5) is 11.7. The molecular formula is C15H24N2O3. The molecule has 0 heterocycles. The summed E-state index contributed by atoms with van der Waals surface area (Å²) in [5.74, 6) is 0.367. The Hall–Kier alpha value is -1.75. The second kappa shape index (κ2) is 7.75. The highest BCUT2D eigenvalue weighted by molar-refractivity contribution is 5.77. The highest BCUT2D eigenvalue weighted by atomic mass is 16.5. The summed E-state index contributed by atoms with van der Waals surface area (Å²) in [5, 5.41) is 12.2. The molecular weight excluding hydrogens is 256 g/mol. The van der Waals surface area contributed by atoms with Crippen molar-refractivity contribution in [2.45, 2.75) is 26.7 Å². The topological polar surface area (TPSA) is 84.6 Å². The molecule has 0 aliphatic rings. The molecule has 0 bridgehead atoms. The van der Waals surface area contributed by atoms with Gasteiger partial charge in [0.1, 0.15) is 5.75 Å². The van der Waals surface area contributed by atoms with Crippen LogP contribution in [-0.4, -0.2) is 30.8 Å². The summed E-state index contributed by atoms with van der Waals surface area (Å²) in [5.41, 5.74) is 5.98. The quantitative estimate of drug-likeness (QED) is 0.631. The van der Waals surface area contributed by atoms with Crippen molar-refractivity contribution in [3.8, 4) is 5.75 Å². The van der Waals surface area contributed by atoms with Gasteiger partial charge in [-0.2, -0.15) is 0 Å². The molecule has 20 heavy (non-hydrogen) atoms. The van der Waals surface area contributed by atoms with Crippen LogP contribution >= 0.6 is 0 Å². The van der Waals surface area contributed by atoms with E-state index in [9.17, 15) is 9.90 Å². The van der Waals surface area contributed by atoms with Crippen molar-refractivity contribution in [1.82, 2.24) is 5.32 Å². The number of amides is 1. The molecule has 0 aliphatic carbocycles. The first-order chi connectivity index (χ1) is 9.55. The SMILES string of the molecule is CCC(CC)(CO)CNC(=O)COc1cccc(N)c1. The zero-order valence-electron chi connectivity index (χ0n) is 12.2. The Morgan fingerprint density at radius 3 is 2.65 bits per heavy atom. The molecule has 4 N–H and O–H groups in total. The third-order valence-corrected chi connectivity index (χ3v) is 3.72. The van der Waals surface area contributed by atoms with Gasteiger partial charge < -0.3 is 20.9 Å². The maximum atomic E-state index is 11.7. The summed E-state index contributed by atoms with van der Waals surface area (Å²) in [6.07, 6.45) is 1.63. The number of carbonyl (C=O) groups is 1. The second-order valence-electron chi connectivity index (χ2n) is 5.00. The molecule has 0 aromatic heterocycles. The predicted octanol–water partition coefficient (Wildman–Crippen LogP) is 1.56. The van der Waals surface area contributed by atoms with Gasteiger partial charge in [0, 0.05) is 23.7 Å². The Balaban J connectivity index is 2.40. The fourth-order valence-electron chi connectivity index (χ4n) is 1.87. The van der Waals surface area contributed by atoms with Gasteiger partial charge in [0.25, 0.3) is 5.91 Å². The van der Waals surface area contributed by atoms with Crippen molar-refractivity contribution in [2.75, 3.05) is 25.5 Å². The molecule has 1 rings (SSSR count). The fourth-order valence-corrected chi connectivity index (χ4v) is 1.87. The van der Waals surface area contributed by atoms with Gasteiger partial charge in [-0.05, 0) is 25.0 Å². The molecule has 1 aromatic rings. The number of nitrogen functional groups attached to an aromatic ring is 1. The van der Waals surface area contributed by atoms with Crippen LogP contribution in [0.1, 0.15) is 26.7 Å². The first kappa shape index (κ1) is 16.3. The molecule has 0 unspecified atom stereocenters. The van der Waals surface area contributed by atoms with E-state index in [4.69, 9.17) is 10.5 Å². The Bertz CT molecular complexity index is 423. The maximum absolute atomic E-state index is 11.7. The molecule has 1 amide bonds. The van der Waals surface area contributed by atoms with E-state index >= 15 is 0 Å². The van der Waals surface area contributed by atoms with Gasteiger partial charge in [-0.3, -0.25) is 4.79 Å². The lowest BCUT2D eigenvalue weighted by atomic mass is 9.83. The monoisotopic (exact) mass is 280 g/mol. The van der Waals surface area contributed by atoms with Gasteiger partial charge in [-0.25, -0.2) is 0 Å². The van der Waals surface area contributed by atoms with Gasteiger partial charge in [0.2, 0.25) is 0 Å². The molecule has 0 saturated heterocycles. The molecule has 0 aliphatic heterocycles. The van der Waals surface area contributed by atoms with Crippen LogP contribution in [-0.2, 0) is 4.79 Å². The number of aliphatic hydroxyl groups is 1. The van der Waals surface area contributed by atoms with Crippen LogP contribution in [0.25, 0.3) is 0 Å². The number of nitrogens with two attached hydrogens (primary N) is 1. The summed E-state index contributed by atoms with van der Waals surface area (Å²) >= 11 is 0. The molecule has 5 heteroatoms. The third-order valence-electron chi connectivity index (χ3n) is 3.72. The van der Waals surface area contributed by atoms with E-state index in [1.807, 2.05) is 13.8 Å². The number of anilines is 1. The number of nitrogens with one attached hydrogen (secondary N) is 1. The van der Waals surface area contributed by atoms with Crippen molar-refractivity contribution in [1.29, 1.82) is 0 Å². The number of aliphatic hydroxyl groups excluding tert-OH is 1. The van der Waals surface area contributed by atoms with E-state index in [-0.39, 0.29) is 24.5 Å². The summed E-state index contributed by atoms with van der Waals surface area (Å²) in [6.45, 7) is 4.48. The number of hydrogen-bond acceptors (Lipinski definition) is 4. The summed E-state index contributed by atoms with van der Waals surface area (Å²) < 4.78 is 5.36. The van der Waals surface area contributed by atoms with Crippen LogP contribution in [0.2, 0.25) is 0 Å². The molecule has 0 atom stereocenters. The molecule has 0 fully saturated rings. The number of carbonyl (C=O) groups excluding carboxylic acids is 1. The lowest BCUT2D eigenvalue weighted by Gasteiger charge is -2.29. The van der Waals surface area contributed by atoms with Crippen LogP contribution in [0.4, 0.5) is 5.69 Å². The van der Waals surface area contributed by atoms with Gasteiger partial charge in [0.05, 0.1) is 6.61 Å². The van der Waals surface area contributed by atoms with Gasteiger partial charge in [0.15, 0.2) is 6.61 Å². The van der Waals surface area contributed by atoms with E-state index in [2.05, 4.69) is 5.32 Å². The third kappa shape index (κ3) is 4.74. The Kier molecular flexibility index (Phi) is 6.31. The first-order valence-electron chi connectivity index (χ1n) is 6.91. The summed E-state index contributed by atoms with van der Waals surface area (Å²) in [7, 11) is 0. The van der Waals surface area contributed by atoms with E-state index in [1.54, 1.807) is 24.3 Å². The average Bonchev–Trinajstić information content (AvgIpc) is 2.47. The second-order valence-corrected chi connectivity index (χ2v) is 5.00. The van der Waals surface area contributed by atoms with Crippen LogP contribution in [0.3, 0.4) is 0 Å². The number of rotatable bonds is 8. The largest absolute Gasteiger partial charge is 0.484 e. The lowest BCUT2D eigenvalue weighted by Crippen LogP contribution is -2.41. The molecule has 1 aromatic carbocycles. The highest BCUT2D eigenvalue weighted by Crippen LogP contribution is 2.24. The molecule has 0 spiro atoms. The first-order valence-corrected chi connectivity index (χ1v) is 6.91. The Morgan fingerprint density at radius 1 is 1.40 bits per heavy atom. The highest BCUT2D eigenvalue weighted by Gasteiger charge is 2.25. The number of ether oxygens (including phenoxy) is 1. The minimum Gasteiger partial charge on any atom is -0.484 e. The van der Waals surface area contributed by atoms with Crippen LogP contribution in [0.5, 0.6) is 5.75 Å². The van der Waals surface area contributed by atoms with Crippen molar-refractivity contribution in [2.24, 2.45) is 5.41 Å². The van der Waals surface area contributed by atoms with Crippen LogP contribution in [0, 0.1) is 5.41 Å². The van der Waals surface area contributed by atoms with Gasteiger partial charge in [-0.15, -0.1) is 0 Å². The zero-order valence-corrected chi connectivity index (χ0v) is 12.2. The Labute approximate surface area is 120 Å². The minimum absolute atomic E-state index is 0.0572. The standard InChI is InChI=1S/C15H24N2O3/c1-3-15(4-2,11-18)10-17-14(19)9-20-13-7-5-6-12(16)8-13/h5-8,18H,3-4,9-11,16H2,1-2H3,(H,17,19). The van der Waals surface area contributed by atoms with Crippen molar-refractivity contribution >= 4 is 11.6 Å². The smallest absolute Gasteiger partial charge is 0.257 e. The molecule has 112 valence electrons. The van der Waals surface area contributed by atoms with Crippen molar-refractivity contribution < 1.29 is 14.6 Å². The van der Waals surface area contributed by atoms with Crippen LogP contribution in [0.15, 0.2) is 24.3 Å². The van der Waals surface area contributed by atoms with E-state index in [0.717, 1.165) is 12.8 Å². The van der Waals surface area contributed by atoms with Crippen LogP contribution < -0.4 is 15.8 Å².